The second kappa shape index (κ2) is 3.24. The molecular weight excluding hydrogens is 152 g/mol. The van der Waals surface area contributed by atoms with Gasteiger partial charge in [-0.15, -0.1) is 0 Å². The van der Waals surface area contributed by atoms with Gasteiger partial charge >= 0.3 is 0 Å². The van der Waals surface area contributed by atoms with Crippen molar-refractivity contribution in [2.24, 2.45) is 0 Å². The van der Waals surface area contributed by atoms with Gasteiger partial charge in [-0.2, -0.15) is 5.26 Å². The second-order valence-corrected chi connectivity index (χ2v) is 2.68. The zero-order valence-electron chi connectivity index (χ0n) is 6.78. The van der Waals surface area contributed by atoms with E-state index in [1.54, 1.807) is 18.2 Å². The first-order chi connectivity index (χ1) is 5.64. The average Bonchev–Trinajstić information content (AvgIpc) is 2.06. The van der Waals surface area contributed by atoms with Crippen LogP contribution in [0.3, 0.4) is 0 Å². The summed E-state index contributed by atoms with van der Waals surface area (Å²) in [5, 5.41) is 20.5. The van der Waals surface area contributed by atoms with Crippen molar-refractivity contribution in [3.8, 4) is 6.07 Å². The molecule has 0 bridgehead atoms. The van der Waals surface area contributed by atoms with E-state index in [1.165, 1.54) is 6.92 Å². The van der Waals surface area contributed by atoms with E-state index < -0.39 is 5.72 Å². The van der Waals surface area contributed by atoms with Gasteiger partial charge in [0.05, 0.1) is 0 Å². The Labute approximate surface area is 71.3 Å². The fraction of sp³-hybridized carbons (Fsp3) is 0.222. The molecule has 1 unspecified atom stereocenters. The minimum Gasteiger partial charge on any atom is -0.359 e. The number of rotatable bonds is 2. The Kier molecular flexibility index (Phi) is 2.32. The largest absolute Gasteiger partial charge is 0.359 e. The minimum atomic E-state index is -1.50. The first-order valence-corrected chi connectivity index (χ1v) is 3.61. The Balaban J connectivity index is 2.72. The molecule has 3 nitrogen and oxygen atoms in total. The van der Waals surface area contributed by atoms with Gasteiger partial charge in [-0.3, -0.25) is 0 Å². The molecule has 0 saturated carbocycles. The third-order valence-electron chi connectivity index (χ3n) is 1.38. The molecule has 0 aromatic heterocycles. The van der Waals surface area contributed by atoms with Gasteiger partial charge in [-0.25, -0.2) is 0 Å². The van der Waals surface area contributed by atoms with Crippen LogP contribution in [0.2, 0.25) is 0 Å². The molecule has 0 amide bonds. The fourth-order valence-corrected chi connectivity index (χ4v) is 0.830. The van der Waals surface area contributed by atoms with Crippen LogP contribution in [-0.2, 0) is 0 Å². The Bertz CT molecular complexity index is 287. The molecule has 0 aliphatic carbocycles. The molecule has 0 saturated heterocycles. The number of para-hydroxylation sites is 1. The van der Waals surface area contributed by atoms with Crippen LogP contribution in [0.25, 0.3) is 0 Å². The van der Waals surface area contributed by atoms with E-state index in [-0.39, 0.29) is 0 Å². The van der Waals surface area contributed by atoms with Gasteiger partial charge in [-0.1, -0.05) is 18.2 Å². The van der Waals surface area contributed by atoms with Gasteiger partial charge in [0.2, 0.25) is 5.72 Å². The van der Waals surface area contributed by atoms with Gasteiger partial charge in [0.15, 0.2) is 0 Å². The van der Waals surface area contributed by atoms with Crippen LogP contribution in [0.1, 0.15) is 6.92 Å². The van der Waals surface area contributed by atoms with E-state index in [1.807, 2.05) is 18.2 Å². The van der Waals surface area contributed by atoms with Crippen molar-refractivity contribution >= 4 is 5.69 Å². The molecule has 2 N–H and O–H groups in total. The molecule has 12 heavy (non-hydrogen) atoms. The summed E-state index contributed by atoms with van der Waals surface area (Å²) in [6.07, 6.45) is 0. The van der Waals surface area contributed by atoms with Crippen molar-refractivity contribution in [3.05, 3.63) is 30.3 Å². The molecule has 0 aliphatic heterocycles. The SMILES string of the molecule is CC(O)(C#N)Nc1ccccc1. The minimum absolute atomic E-state index is 0.726. The van der Waals surface area contributed by atoms with E-state index in [0.717, 1.165) is 5.69 Å². The first kappa shape index (κ1) is 8.57. The third-order valence-corrected chi connectivity index (χ3v) is 1.38. The average molecular weight is 162 g/mol. The van der Waals surface area contributed by atoms with E-state index in [9.17, 15) is 5.11 Å². The number of nitriles is 1. The van der Waals surface area contributed by atoms with Crippen LogP contribution in [0.4, 0.5) is 5.69 Å². The lowest BCUT2D eigenvalue weighted by Gasteiger charge is -2.16. The molecule has 0 radical (unpaired) electrons. The number of anilines is 1. The summed E-state index contributed by atoms with van der Waals surface area (Å²) in [5.41, 5.74) is -0.773. The Hall–Kier alpha value is -1.53. The first-order valence-electron chi connectivity index (χ1n) is 3.61. The fourth-order valence-electron chi connectivity index (χ4n) is 0.830. The number of benzene rings is 1. The zero-order valence-corrected chi connectivity index (χ0v) is 6.78. The maximum atomic E-state index is 9.30. The van der Waals surface area contributed by atoms with Crippen LogP contribution >= 0.6 is 0 Å². The van der Waals surface area contributed by atoms with Gasteiger partial charge in [0, 0.05) is 5.69 Å². The summed E-state index contributed by atoms with van der Waals surface area (Å²) in [6, 6.07) is 10.8. The van der Waals surface area contributed by atoms with Gasteiger partial charge < -0.3 is 10.4 Å². The quantitative estimate of drug-likeness (QED) is 0.509. The number of aliphatic hydroxyl groups is 1. The molecule has 0 aliphatic rings. The molecule has 62 valence electrons. The lowest BCUT2D eigenvalue weighted by Crippen LogP contribution is -2.31. The van der Waals surface area contributed by atoms with Gasteiger partial charge in [-0.05, 0) is 19.1 Å². The highest BCUT2D eigenvalue weighted by atomic mass is 16.3. The van der Waals surface area contributed by atoms with Crippen molar-refractivity contribution in [1.82, 2.24) is 0 Å². The highest BCUT2D eigenvalue weighted by Crippen LogP contribution is 2.11. The summed E-state index contributed by atoms with van der Waals surface area (Å²) in [5.74, 6) is 0. The molecule has 1 rings (SSSR count). The molecule has 1 aromatic rings. The number of nitrogens with one attached hydrogen (secondary N) is 1. The molecule has 0 spiro atoms. The smallest absolute Gasteiger partial charge is 0.222 e. The summed E-state index contributed by atoms with van der Waals surface area (Å²) >= 11 is 0. The molecule has 0 fully saturated rings. The number of hydrogen-bond donors (Lipinski definition) is 2. The molecule has 1 atom stereocenters. The van der Waals surface area contributed by atoms with E-state index >= 15 is 0 Å². The molecular formula is C9H10N2O. The van der Waals surface area contributed by atoms with E-state index in [4.69, 9.17) is 5.26 Å². The molecule has 1 aromatic carbocycles. The third kappa shape index (κ3) is 2.26. The highest BCUT2D eigenvalue weighted by Gasteiger charge is 2.17. The highest BCUT2D eigenvalue weighted by molar-refractivity contribution is 5.45. The predicted octanol–water partition coefficient (Wildman–Crippen LogP) is 1.33. The number of hydrogen-bond acceptors (Lipinski definition) is 3. The Morgan fingerprint density at radius 2 is 2.00 bits per heavy atom. The van der Waals surface area contributed by atoms with Crippen molar-refractivity contribution < 1.29 is 5.11 Å². The maximum absolute atomic E-state index is 9.30. The topological polar surface area (TPSA) is 56.0 Å². The zero-order chi connectivity index (χ0) is 9.03. The summed E-state index contributed by atoms with van der Waals surface area (Å²) in [4.78, 5) is 0. The van der Waals surface area contributed by atoms with Crippen LogP contribution in [-0.4, -0.2) is 10.8 Å². The number of nitrogens with zero attached hydrogens (tertiary/aromatic N) is 1. The van der Waals surface area contributed by atoms with Crippen LogP contribution in [0.5, 0.6) is 0 Å². The summed E-state index contributed by atoms with van der Waals surface area (Å²) < 4.78 is 0. The Morgan fingerprint density at radius 3 is 2.50 bits per heavy atom. The molecule has 3 heteroatoms. The van der Waals surface area contributed by atoms with Crippen molar-refractivity contribution in [2.75, 3.05) is 5.32 Å². The monoisotopic (exact) mass is 162 g/mol. The van der Waals surface area contributed by atoms with Crippen LogP contribution in [0.15, 0.2) is 30.3 Å². The van der Waals surface area contributed by atoms with Crippen LogP contribution < -0.4 is 5.32 Å². The van der Waals surface area contributed by atoms with Gasteiger partial charge in [0.25, 0.3) is 0 Å². The lowest BCUT2D eigenvalue weighted by atomic mass is 10.2. The van der Waals surface area contributed by atoms with Crippen LogP contribution in [0, 0.1) is 11.3 Å². The Morgan fingerprint density at radius 1 is 1.42 bits per heavy atom. The maximum Gasteiger partial charge on any atom is 0.222 e. The summed E-state index contributed by atoms with van der Waals surface area (Å²) in [6.45, 7) is 1.40. The molecule has 0 heterocycles. The normalized spacial score (nSPS) is 14.4. The van der Waals surface area contributed by atoms with Crippen molar-refractivity contribution in [2.45, 2.75) is 12.6 Å². The van der Waals surface area contributed by atoms with Gasteiger partial charge in [0.1, 0.15) is 6.07 Å². The van der Waals surface area contributed by atoms with Crippen molar-refractivity contribution in [3.63, 3.8) is 0 Å². The summed E-state index contributed by atoms with van der Waals surface area (Å²) in [7, 11) is 0. The predicted molar refractivity (Wildman–Crippen MR) is 46.3 cm³/mol. The lowest BCUT2D eigenvalue weighted by molar-refractivity contribution is 0.150. The van der Waals surface area contributed by atoms with Crippen molar-refractivity contribution in [1.29, 1.82) is 5.26 Å². The van der Waals surface area contributed by atoms with E-state index in [2.05, 4.69) is 5.32 Å². The van der Waals surface area contributed by atoms with E-state index in [0.29, 0.717) is 0 Å². The second-order valence-electron chi connectivity index (χ2n) is 2.68. The standard InChI is InChI=1S/C9H10N2O/c1-9(12,7-10)11-8-5-3-2-4-6-8/h2-6,11-12H,1H3.